The standard InChI is InChI=1S/C26H24N4O5/c1-5-21-25(15-29)23(30)35-26(21,16-9-7-6-8-10-16)34-22(24(25,13-27)14-28)17-11-19(32-3)20(33-4)12-18(17)31-2/h6-12,21-22,30H,5H2,1-4H3. The Kier molecular flexibility index (Phi) is 5.80. The molecule has 35 heavy (non-hydrogen) atoms. The number of hydrogen-bond donors (Lipinski definition) is 1. The lowest BCUT2D eigenvalue weighted by molar-refractivity contribution is -0.293. The molecule has 2 fully saturated rings. The Balaban J connectivity index is 2.10. The van der Waals surface area contributed by atoms with E-state index in [1.165, 1.54) is 21.3 Å². The highest BCUT2D eigenvalue weighted by atomic mass is 16.7. The van der Waals surface area contributed by atoms with Crippen LogP contribution in [-0.2, 0) is 15.3 Å². The Bertz CT molecular complexity index is 1280. The van der Waals surface area contributed by atoms with Gasteiger partial charge in [0.2, 0.25) is 17.1 Å². The van der Waals surface area contributed by atoms with Crippen molar-refractivity contribution in [3.05, 3.63) is 53.6 Å². The Labute approximate surface area is 203 Å². The van der Waals surface area contributed by atoms with Crippen molar-refractivity contribution in [2.75, 3.05) is 21.3 Å². The van der Waals surface area contributed by atoms with Gasteiger partial charge in [-0.05, 0) is 12.5 Å². The van der Waals surface area contributed by atoms with Gasteiger partial charge in [0.25, 0.3) is 0 Å². The average molecular weight is 473 g/mol. The van der Waals surface area contributed by atoms with Gasteiger partial charge < -0.3 is 23.7 Å². The minimum Gasteiger partial charge on any atom is -0.496 e. The Morgan fingerprint density at radius 1 is 0.914 bits per heavy atom. The molecule has 2 heterocycles. The summed E-state index contributed by atoms with van der Waals surface area (Å²) in [7, 11) is 4.36. The molecule has 9 nitrogen and oxygen atoms in total. The van der Waals surface area contributed by atoms with Crippen LogP contribution in [0.5, 0.6) is 17.2 Å². The summed E-state index contributed by atoms with van der Waals surface area (Å²) in [4.78, 5) is 0. The number of methoxy groups -OCH3 is 3. The third-order valence-electron chi connectivity index (χ3n) is 7.03. The number of fused-ring (bicyclic) bond motifs is 2. The second-order valence-electron chi connectivity index (χ2n) is 8.32. The number of nitrogens with zero attached hydrogens (tertiary/aromatic N) is 3. The van der Waals surface area contributed by atoms with Crippen LogP contribution in [0.4, 0.5) is 0 Å². The van der Waals surface area contributed by atoms with Crippen LogP contribution in [0.25, 0.3) is 0 Å². The van der Waals surface area contributed by atoms with Gasteiger partial charge >= 0.3 is 0 Å². The summed E-state index contributed by atoms with van der Waals surface area (Å²) in [6.07, 6.45) is -1.02. The van der Waals surface area contributed by atoms with Crippen LogP contribution in [0.3, 0.4) is 0 Å². The van der Waals surface area contributed by atoms with Crippen molar-refractivity contribution in [3.8, 4) is 35.5 Å². The SMILES string of the molecule is CCC1C2(c3ccccc3)OC(=N)C1(C#N)C(C#N)(C#N)C(c1cc(OC)c(OC)cc1OC)O2. The molecule has 2 saturated heterocycles. The smallest absolute Gasteiger partial charge is 0.244 e. The third kappa shape index (κ3) is 2.84. The predicted octanol–water partition coefficient (Wildman–Crippen LogP) is 4.21. The molecule has 0 aromatic heterocycles. The number of hydrogen-bond acceptors (Lipinski definition) is 9. The van der Waals surface area contributed by atoms with Crippen LogP contribution in [-0.4, -0.2) is 27.2 Å². The lowest BCUT2D eigenvalue weighted by Crippen LogP contribution is -2.58. The minimum atomic E-state index is -2.14. The van der Waals surface area contributed by atoms with Gasteiger partial charge in [0.05, 0.1) is 45.5 Å². The summed E-state index contributed by atoms with van der Waals surface area (Å²) in [5, 5.41) is 40.4. The maximum Gasteiger partial charge on any atom is 0.244 e. The van der Waals surface area contributed by atoms with Crippen LogP contribution in [0.2, 0.25) is 0 Å². The van der Waals surface area contributed by atoms with E-state index in [4.69, 9.17) is 29.1 Å². The molecular weight excluding hydrogens is 448 g/mol. The van der Waals surface area contributed by atoms with Crippen molar-refractivity contribution in [2.45, 2.75) is 25.2 Å². The quantitative estimate of drug-likeness (QED) is 0.659. The van der Waals surface area contributed by atoms with E-state index in [1.807, 2.05) is 13.0 Å². The molecule has 2 aliphatic rings. The van der Waals surface area contributed by atoms with Gasteiger partial charge in [-0.2, -0.15) is 15.8 Å². The number of nitrogens with one attached hydrogen (secondary N) is 1. The summed E-state index contributed by atoms with van der Waals surface area (Å²) in [5.74, 6) is -1.91. The molecule has 2 aliphatic heterocycles. The van der Waals surface area contributed by atoms with Crippen molar-refractivity contribution in [1.29, 1.82) is 21.2 Å². The summed E-state index contributed by atoms with van der Waals surface area (Å²) in [6.45, 7) is 1.82. The largest absolute Gasteiger partial charge is 0.496 e. The second kappa shape index (κ2) is 8.51. The molecule has 0 aliphatic carbocycles. The van der Waals surface area contributed by atoms with E-state index in [-0.39, 0.29) is 5.75 Å². The van der Waals surface area contributed by atoms with Crippen molar-refractivity contribution < 1.29 is 23.7 Å². The summed E-state index contributed by atoms with van der Waals surface area (Å²) in [5.41, 5.74) is -3.19. The first-order valence-corrected chi connectivity index (χ1v) is 10.9. The number of benzene rings is 2. The maximum absolute atomic E-state index is 10.6. The highest BCUT2D eigenvalue weighted by Crippen LogP contribution is 2.70. The van der Waals surface area contributed by atoms with Gasteiger partial charge in [0.1, 0.15) is 11.9 Å². The molecule has 0 saturated carbocycles. The Morgan fingerprint density at radius 3 is 2.03 bits per heavy atom. The molecule has 178 valence electrons. The molecular formula is C26H24N4O5. The lowest BCUT2D eigenvalue weighted by Gasteiger charge is -2.49. The van der Waals surface area contributed by atoms with Crippen molar-refractivity contribution >= 4 is 5.90 Å². The predicted molar refractivity (Wildman–Crippen MR) is 122 cm³/mol. The van der Waals surface area contributed by atoms with Gasteiger partial charge in [-0.1, -0.05) is 37.3 Å². The average Bonchev–Trinajstić information content (AvgIpc) is 3.11. The molecule has 0 radical (unpaired) electrons. The fourth-order valence-corrected chi connectivity index (χ4v) is 5.44. The number of rotatable bonds is 6. The van der Waals surface area contributed by atoms with Gasteiger partial charge in [0.15, 0.2) is 16.9 Å². The highest BCUT2D eigenvalue weighted by molar-refractivity contribution is 5.89. The zero-order valence-corrected chi connectivity index (χ0v) is 19.8. The first-order chi connectivity index (χ1) is 16.9. The van der Waals surface area contributed by atoms with E-state index in [0.29, 0.717) is 29.0 Å². The molecule has 4 atom stereocenters. The lowest BCUT2D eigenvalue weighted by atomic mass is 9.52. The molecule has 4 unspecified atom stereocenters. The Hall–Kier alpha value is -4.26. The number of nitriles is 3. The number of ether oxygens (including phenoxy) is 5. The zero-order valence-electron chi connectivity index (χ0n) is 19.8. The van der Waals surface area contributed by atoms with E-state index in [0.717, 1.165) is 0 Å². The second-order valence-corrected chi connectivity index (χ2v) is 8.32. The fourth-order valence-electron chi connectivity index (χ4n) is 5.44. The van der Waals surface area contributed by atoms with Crippen molar-refractivity contribution in [3.63, 3.8) is 0 Å². The van der Waals surface area contributed by atoms with Crippen LogP contribution in [0.1, 0.15) is 30.6 Å². The summed E-state index contributed by atoms with van der Waals surface area (Å²) in [6, 6.07) is 18.4. The van der Waals surface area contributed by atoms with Crippen LogP contribution in [0.15, 0.2) is 42.5 Å². The van der Waals surface area contributed by atoms with Crippen LogP contribution in [0, 0.1) is 56.2 Å². The molecule has 2 bridgehead atoms. The summed E-state index contributed by atoms with van der Waals surface area (Å²) >= 11 is 0. The molecule has 0 amide bonds. The van der Waals surface area contributed by atoms with E-state index in [9.17, 15) is 15.8 Å². The fraction of sp³-hybridized carbons (Fsp3) is 0.385. The first-order valence-electron chi connectivity index (χ1n) is 10.9. The van der Waals surface area contributed by atoms with Crippen molar-refractivity contribution in [1.82, 2.24) is 0 Å². The minimum absolute atomic E-state index is 0.264. The Morgan fingerprint density at radius 2 is 1.51 bits per heavy atom. The van der Waals surface area contributed by atoms with E-state index in [2.05, 4.69) is 18.2 Å². The topological polar surface area (TPSA) is 141 Å². The normalized spacial score (nSPS) is 28.1. The molecule has 2 aromatic rings. The molecule has 1 N–H and O–H groups in total. The highest BCUT2D eigenvalue weighted by Gasteiger charge is 2.80. The van der Waals surface area contributed by atoms with Gasteiger partial charge in [0, 0.05) is 17.2 Å². The van der Waals surface area contributed by atoms with E-state index < -0.39 is 34.5 Å². The van der Waals surface area contributed by atoms with Gasteiger partial charge in [-0.15, -0.1) is 0 Å². The van der Waals surface area contributed by atoms with Crippen LogP contribution < -0.4 is 14.2 Å². The molecule has 0 spiro atoms. The third-order valence-corrected chi connectivity index (χ3v) is 7.03. The van der Waals surface area contributed by atoms with Gasteiger partial charge in [-0.25, -0.2) is 0 Å². The maximum atomic E-state index is 10.6. The monoisotopic (exact) mass is 472 g/mol. The van der Waals surface area contributed by atoms with Crippen LogP contribution >= 0.6 is 0 Å². The zero-order chi connectivity index (χ0) is 25.4. The van der Waals surface area contributed by atoms with Gasteiger partial charge in [-0.3, -0.25) is 5.41 Å². The van der Waals surface area contributed by atoms with E-state index >= 15 is 0 Å². The van der Waals surface area contributed by atoms with Crippen molar-refractivity contribution in [2.24, 2.45) is 16.7 Å². The molecule has 9 heteroatoms. The molecule has 2 aromatic carbocycles. The molecule has 4 rings (SSSR count). The first kappa shape index (κ1) is 23.9. The summed E-state index contributed by atoms with van der Waals surface area (Å²) < 4.78 is 29.1. The van der Waals surface area contributed by atoms with E-state index in [1.54, 1.807) is 36.4 Å².